The van der Waals surface area contributed by atoms with Crippen molar-refractivity contribution in [1.29, 1.82) is 0 Å². The molecule has 1 aromatic rings. The number of halogens is 3. The number of rotatable bonds is 7. The van der Waals surface area contributed by atoms with E-state index in [1.54, 1.807) is 0 Å². The molecule has 0 bridgehead atoms. The molecule has 0 aliphatic heterocycles. The van der Waals surface area contributed by atoms with E-state index in [0.29, 0.717) is 6.42 Å². The minimum atomic E-state index is -3.64. The second-order valence-corrected chi connectivity index (χ2v) is 7.07. The topological polar surface area (TPSA) is 43.4 Å². The average molecular weight is 313 g/mol. The zero-order valence-corrected chi connectivity index (χ0v) is 12.0. The second-order valence-electron chi connectivity index (χ2n) is 4.25. The molecule has 108 valence electrons. The molecule has 0 saturated carbocycles. The summed E-state index contributed by atoms with van der Waals surface area (Å²) in [4.78, 5) is 0. The van der Waals surface area contributed by atoms with E-state index in [-0.39, 0.29) is 24.0 Å². The van der Waals surface area contributed by atoms with Crippen LogP contribution in [0.15, 0.2) is 18.2 Å². The normalized spacial score (nSPS) is 13.3. The van der Waals surface area contributed by atoms with E-state index in [1.807, 2.05) is 6.92 Å². The molecule has 1 aromatic carbocycles. The molecule has 0 saturated heterocycles. The molecule has 0 N–H and O–H groups in total. The van der Waals surface area contributed by atoms with Gasteiger partial charge >= 0.3 is 0 Å². The Balaban J connectivity index is 2.68. The third-order valence-electron chi connectivity index (χ3n) is 2.50. The van der Waals surface area contributed by atoms with Gasteiger partial charge in [0.2, 0.25) is 9.05 Å². The molecule has 1 atom stereocenters. The lowest BCUT2D eigenvalue weighted by molar-refractivity contribution is 0.242. The van der Waals surface area contributed by atoms with Crippen molar-refractivity contribution in [2.24, 2.45) is 5.92 Å². The molecular formula is C12H15ClF2O3S. The summed E-state index contributed by atoms with van der Waals surface area (Å²) in [6, 6.07) is 2.86. The summed E-state index contributed by atoms with van der Waals surface area (Å²) in [5.74, 6) is -2.14. The van der Waals surface area contributed by atoms with Crippen molar-refractivity contribution >= 4 is 19.7 Å². The van der Waals surface area contributed by atoms with Gasteiger partial charge < -0.3 is 4.74 Å². The smallest absolute Gasteiger partial charge is 0.232 e. The fourth-order valence-electron chi connectivity index (χ4n) is 1.70. The molecule has 0 heterocycles. The molecular weight excluding hydrogens is 298 g/mol. The Labute approximate surface area is 115 Å². The van der Waals surface area contributed by atoms with Crippen LogP contribution in [0.3, 0.4) is 0 Å². The summed E-state index contributed by atoms with van der Waals surface area (Å²) in [6.45, 7) is 1.86. The minimum absolute atomic E-state index is 0.0276. The zero-order valence-electron chi connectivity index (χ0n) is 10.4. The van der Waals surface area contributed by atoms with E-state index in [9.17, 15) is 17.2 Å². The van der Waals surface area contributed by atoms with E-state index in [1.165, 1.54) is 0 Å². The van der Waals surface area contributed by atoms with E-state index in [2.05, 4.69) is 0 Å². The van der Waals surface area contributed by atoms with Crippen LogP contribution in [-0.4, -0.2) is 20.8 Å². The van der Waals surface area contributed by atoms with Crippen molar-refractivity contribution in [3.05, 3.63) is 29.8 Å². The Morgan fingerprint density at radius 1 is 1.37 bits per heavy atom. The van der Waals surface area contributed by atoms with Crippen molar-refractivity contribution in [3.8, 4) is 5.75 Å². The summed E-state index contributed by atoms with van der Waals surface area (Å²) in [5, 5.41) is 0. The third kappa shape index (κ3) is 6.20. The van der Waals surface area contributed by atoms with E-state index < -0.39 is 20.7 Å². The van der Waals surface area contributed by atoms with Crippen LogP contribution >= 0.6 is 10.7 Å². The maximum Gasteiger partial charge on any atom is 0.232 e. The first kappa shape index (κ1) is 16.2. The quantitative estimate of drug-likeness (QED) is 0.725. The highest BCUT2D eigenvalue weighted by molar-refractivity contribution is 8.13. The van der Waals surface area contributed by atoms with Gasteiger partial charge in [-0.05, 0) is 18.6 Å². The zero-order chi connectivity index (χ0) is 14.5. The highest BCUT2D eigenvalue weighted by Crippen LogP contribution is 2.20. The van der Waals surface area contributed by atoms with Gasteiger partial charge in [0.1, 0.15) is 5.82 Å². The molecule has 0 spiro atoms. The van der Waals surface area contributed by atoms with Crippen LogP contribution in [0.2, 0.25) is 0 Å². The largest absolute Gasteiger partial charge is 0.490 e. The minimum Gasteiger partial charge on any atom is -0.490 e. The number of ether oxygens (including phenoxy) is 1. The maximum absolute atomic E-state index is 13.3. The summed E-state index contributed by atoms with van der Waals surface area (Å²) < 4.78 is 53.4. The standard InChI is InChI=1S/C12H15ClF2O3S/c1-2-3-9(8-19(13,16)17)7-18-12-6-10(14)4-5-11(12)15/h4-6,9H,2-3,7-8H2,1H3. The first-order valence-corrected chi connectivity index (χ1v) is 8.30. The van der Waals surface area contributed by atoms with Gasteiger partial charge in [0.25, 0.3) is 0 Å². The highest BCUT2D eigenvalue weighted by atomic mass is 35.7. The summed E-state index contributed by atoms with van der Waals surface area (Å²) in [6.07, 6.45) is 1.31. The lowest BCUT2D eigenvalue weighted by Crippen LogP contribution is -2.20. The highest BCUT2D eigenvalue weighted by Gasteiger charge is 2.18. The summed E-state index contributed by atoms with van der Waals surface area (Å²) in [7, 11) is 1.54. The van der Waals surface area contributed by atoms with Crippen LogP contribution in [0.4, 0.5) is 8.78 Å². The van der Waals surface area contributed by atoms with Gasteiger partial charge in [-0.15, -0.1) is 0 Å². The molecule has 19 heavy (non-hydrogen) atoms. The van der Waals surface area contributed by atoms with E-state index >= 15 is 0 Å². The van der Waals surface area contributed by atoms with Crippen molar-refractivity contribution in [1.82, 2.24) is 0 Å². The summed E-state index contributed by atoms with van der Waals surface area (Å²) >= 11 is 0. The molecule has 7 heteroatoms. The van der Waals surface area contributed by atoms with Crippen LogP contribution < -0.4 is 4.74 Å². The van der Waals surface area contributed by atoms with Crippen LogP contribution in [0.1, 0.15) is 19.8 Å². The maximum atomic E-state index is 13.3. The number of benzene rings is 1. The first-order valence-electron chi connectivity index (χ1n) is 5.82. The molecule has 0 aliphatic carbocycles. The Morgan fingerprint density at radius 3 is 2.63 bits per heavy atom. The molecule has 0 aromatic heterocycles. The third-order valence-corrected chi connectivity index (χ3v) is 3.75. The average Bonchev–Trinajstić information content (AvgIpc) is 2.28. The molecule has 0 amide bonds. The van der Waals surface area contributed by atoms with Gasteiger partial charge in [-0.2, -0.15) is 0 Å². The van der Waals surface area contributed by atoms with Gasteiger partial charge in [-0.25, -0.2) is 17.2 Å². The number of hydrogen-bond donors (Lipinski definition) is 0. The predicted octanol–water partition coefficient (Wildman–Crippen LogP) is 3.33. The second kappa shape index (κ2) is 7.05. The van der Waals surface area contributed by atoms with Gasteiger partial charge in [0, 0.05) is 22.7 Å². The molecule has 0 aliphatic rings. The Morgan fingerprint density at radius 2 is 2.05 bits per heavy atom. The van der Waals surface area contributed by atoms with Crippen molar-refractivity contribution in [2.75, 3.05) is 12.4 Å². The van der Waals surface area contributed by atoms with Crippen LogP contribution in [0.25, 0.3) is 0 Å². The van der Waals surface area contributed by atoms with Crippen molar-refractivity contribution < 1.29 is 21.9 Å². The molecule has 1 unspecified atom stereocenters. The van der Waals surface area contributed by atoms with E-state index in [0.717, 1.165) is 24.6 Å². The molecule has 1 rings (SSSR count). The lowest BCUT2D eigenvalue weighted by atomic mass is 10.1. The lowest BCUT2D eigenvalue weighted by Gasteiger charge is -2.15. The van der Waals surface area contributed by atoms with Crippen molar-refractivity contribution in [3.63, 3.8) is 0 Å². The Hall–Kier alpha value is -0.880. The molecule has 3 nitrogen and oxygen atoms in total. The SMILES string of the molecule is CCCC(COc1cc(F)ccc1F)CS(=O)(=O)Cl. The van der Waals surface area contributed by atoms with Crippen molar-refractivity contribution in [2.45, 2.75) is 19.8 Å². The summed E-state index contributed by atoms with van der Waals surface area (Å²) in [5.41, 5.74) is 0. The fraction of sp³-hybridized carbons (Fsp3) is 0.500. The molecule has 0 fully saturated rings. The van der Waals surface area contributed by atoms with Crippen LogP contribution in [-0.2, 0) is 9.05 Å². The van der Waals surface area contributed by atoms with E-state index in [4.69, 9.17) is 15.4 Å². The molecule has 0 radical (unpaired) electrons. The van der Waals surface area contributed by atoms with Gasteiger partial charge in [0.05, 0.1) is 12.4 Å². The van der Waals surface area contributed by atoms with Crippen LogP contribution in [0.5, 0.6) is 5.75 Å². The number of hydrogen-bond acceptors (Lipinski definition) is 3. The Kier molecular flexibility index (Phi) is 6.00. The van der Waals surface area contributed by atoms with Gasteiger partial charge in [-0.3, -0.25) is 0 Å². The predicted molar refractivity (Wildman–Crippen MR) is 69.9 cm³/mol. The first-order chi connectivity index (χ1) is 8.81. The fourth-order valence-corrected chi connectivity index (χ4v) is 3.06. The van der Waals surface area contributed by atoms with Crippen LogP contribution in [0, 0.1) is 17.6 Å². The van der Waals surface area contributed by atoms with Gasteiger partial charge in [-0.1, -0.05) is 13.3 Å². The monoisotopic (exact) mass is 312 g/mol. The van der Waals surface area contributed by atoms with Gasteiger partial charge in [0.15, 0.2) is 11.6 Å². The Bertz CT molecular complexity index is 520.